The fourth-order valence-corrected chi connectivity index (χ4v) is 16.5. The monoisotopic (exact) mass is 1990 g/mol. The van der Waals surface area contributed by atoms with Crippen molar-refractivity contribution < 1.29 is 87.9 Å². The Bertz CT molecular complexity index is 6160. The maximum absolute atomic E-state index is 13.4. The van der Waals surface area contributed by atoms with Crippen LogP contribution in [0.1, 0.15) is 143 Å². The zero-order valence-electron chi connectivity index (χ0n) is 81.9. The quantitative estimate of drug-likeness (QED) is 0.0178. The first kappa shape index (κ1) is 113. The number of aromatic hydroxyl groups is 7. The van der Waals surface area contributed by atoms with Crippen molar-refractivity contribution in [3.8, 4) is 57.5 Å². The van der Waals surface area contributed by atoms with E-state index in [2.05, 4.69) is 19.1 Å². The summed E-state index contributed by atoms with van der Waals surface area (Å²) in [6.07, 6.45) is 6.59. The smallest absolute Gasteiger partial charge is 0.174 e. The molecule has 0 amide bonds. The average molecular weight is 2000 g/mol. The Morgan fingerprint density at radius 2 is 0.549 bits per heavy atom. The Labute approximate surface area is 852 Å². The third-order valence-corrected chi connectivity index (χ3v) is 24.9. The molecule has 0 heterocycles. The summed E-state index contributed by atoms with van der Waals surface area (Å²) in [7, 11) is 3.18. The lowest BCUT2D eigenvalue weighted by Gasteiger charge is -2.10. The molecule has 0 aliphatic heterocycles. The van der Waals surface area contributed by atoms with Crippen LogP contribution in [-0.4, -0.2) is 103 Å². The highest BCUT2D eigenvalue weighted by Gasteiger charge is 2.19. The molecule has 0 radical (unpaired) electrons. The number of phenols is 7. The Hall–Kier alpha value is -14.1. The third-order valence-electron chi connectivity index (χ3n) is 22.7. The number of Topliss-reactive ketones (excluding diaryl/α,β-unsaturated/α-hetero) is 7. The molecule has 0 saturated heterocycles. The molecular formula is C120H124Cl3FO17S. The molecule has 0 spiro atoms. The summed E-state index contributed by atoms with van der Waals surface area (Å²) in [4.78, 5) is 85.1. The summed E-state index contributed by atoms with van der Waals surface area (Å²) in [5.74, 6) is 3.70. The van der Waals surface area contributed by atoms with E-state index in [1.807, 2.05) is 212 Å². The number of carbonyl (C=O) groups is 7. The second-order valence-electron chi connectivity index (χ2n) is 34.6. The van der Waals surface area contributed by atoms with Crippen molar-refractivity contribution >= 4 is 87.0 Å². The Morgan fingerprint density at radius 3 is 0.923 bits per heavy atom. The van der Waals surface area contributed by atoms with Gasteiger partial charge in [0.2, 0.25) is 0 Å². The summed E-state index contributed by atoms with van der Waals surface area (Å²) in [6, 6.07) is 89.2. The predicted molar refractivity (Wildman–Crippen MR) is 567 cm³/mol. The van der Waals surface area contributed by atoms with Gasteiger partial charge >= 0.3 is 0 Å². The molecule has 0 aromatic heterocycles. The molecule has 0 atom stereocenters. The predicted octanol–water partition coefficient (Wildman–Crippen LogP) is 26.1. The van der Waals surface area contributed by atoms with Crippen LogP contribution in [0.5, 0.6) is 57.5 Å². The van der Waals surface area contributed by atoms with Crippen LogP contribution in [0.4, 0.5) is 4.39 Å². The van der Waals surface area contributed by atoms with Crippen molar-refractivity contribution in [2.45, 2.75) is 169 Å². The van der Waals surface area contributed by atoms with Crippen LogP contribution in [0.25, 0.3) is 0 Å². The average Bonchev–Trinajstić information content (AvgIpc) is 0.959. The van der Waals surface area contributed by atoms with Crippen molar-refractivity contribution in [3.63, 3.8) is 0 Å². The molecule has 0 saturated carbocycles. The number of phenolic OH excluding ortho intramolecular Hbond substituents is 7. The first-order valence-corrected chi connectivity index (χ1v) is 48.7. The lowest BCUT2D eigenvalue weighted by Crippen LogP contribution is -2.14. The summed E-state index contributed by atoms with van der Waals surface area (Å²) < 4.78 is 29.3. The van der Waals surface area contributed by atoms with Gasteiger partial charge in [0.15, 0.2) is 17.3 Å². The topological polar surface area (TPSA) is 289 Å². The molecule has 14 rings (SSSR count). The molecule has 740 valence electrons. The van der Waals surface area contributed by atoms with Gasteiger partial charge in [0.25, 0.3) is 0 Å². The summed E-state index contributed by atoms with van der Waals surface area (Å²) in [6.45, 7) is 15.6. The molecule has 22 heteroatoms. The van der Waals surface area contributed by atoms with Gasteiger partial charge < -0.3 is 50.0 Å². The van der Waals surface area contributed by atoms with Crippen LogP contribution in [-0.2, 0) is 111 Å². The fraction of sp³-hybridized carbons (Fsp3) is 0.242. The first-order valence-electron chi connectivity index (χ1n) is 46.6. The minimum atomic E-state index is -0.279. The molecule has 0 bridgehead atoms. The van der Waals surface area contributed by atoms with Gasteiger partial charge in [-0.3, -0.25) is 33.6 Å². The molecule has 0 unspecified atom stereocenters. The van der Waals surface area contributed by atoms with E-state index >= 15 is 0 Å². The van der Waals surface area contributed by atoms with Gasteiger partial charge in [0.1, 0.15) is 93.1 Å². The van der Waals surface area contributed by atoms with Crippen molar-refractivity contribution in [1.29, 1.82) is 0 Å². The molecule has 142 heavy (non-hydrogen) atoms. The summed E-state index contributed by atoms with van der Waals surface area (Å²) in [5, 5.41) is 70.0. The SMILES string of the molecule is COc1ccccc1CCC(=O)Cc1cc(C)ccc1O.COc1ccccc1OCC(=O)Cc1cc(C)ccc1O.Cc1ccc(O)c(CC(=O)CCc2c(Cl)cccc2Cl)c1.Cc1ccc(O)c(CC(=O)CCc2ccccc2C)c1.Cc1ccc(O)c(CC(=O)CCc2ccccc2Cl)c1.Cc1ccc(O)c(CC(=O)CCc2ccccc2F)c1.Cc1ccc(O)c(CC(=O)CSc2ccccc2)c1. The lowest BCUT2D eigenvalue weighted by atomic mass is 9.99. The number of benzene rings is 14. The number of para-hydroxylation sites is 3. The van der Waals surface area contributed by atoms with E-state index in [0.29, 0.717) is 129 Å². The summed E-state index contributed by atoms with van der Waals surface area (Å²) in [5.41, 5.74) is 17.7. The molecule has 7 N–H and O–H groups in total. The van der Waals surface area contributed by atoms with Gasteiger partial charge in [-0.05, 0) is 218 Å². The van der Waals surface area contributed by atoms with E-state index in [-0.39, 0.29) is 138 Å². The van der Waals surface area contributed by atoms with E-state index in [0.717, 1.165) is 78.3 Å². The van der Waals surface area contributed by atoms with Crippen molar-refractivity contribution in [1.82, 2.24) is 0 Å². The van der Waals surface area contributed by atoms with Crippen molar-refractivity contribution in [2.24, 2.45) is 0 Å². The second-order valence-corrected chi connectivity index (χ2v) is 36.9. The van der Waals surface area contributed by atoms with E-state index in [4.69, 9.17) is 49.0 Å². The highest BCUT2D eigenvalue weighted by atomic mass is 35.5. The van der Waals surface area contributed by atoms with Crippen LogP contribution >= 0.6 is 46.6 Å². The van der Waals surface area contributed by atoms with Crippen molar-refractivity contribution in [3.05, 3.63) is 429 Å². The number of hydrogen-bond acceptors (Lipinski definition) is 18. The van der Waals surface area contributed by atoms with Gasteiger partial charge in [-0.15, -0.1) is 11.8 Å². The number of halogens is 4. The Kier molecular flexibility index (Phi) is 47.4. The highest BCUT2D eigenvalue weighted by molar-refractivity contribution is 8.00. The fourth-order valence-electron chi connectivity index (χ4n) is 14.9. The number of ether oxygens (including phenoxy) is 3. The molecule has 17 nitrogen and oxygen atoms in total. The van der Waals surface area contributed by atoms with Crippen LogP contribution in [0.2, 0.25) is 15.1 Å². The number of aryl methyl sites for hydroxylation is 12. The molecule has 14 aromatic carbocycles. The van der Waals surface area contributed by atoms with E-state index in [1.165, 1.54) is 29.0 Å². The maximum atomic E-state index is 13.4. The van der Waals surface area contributed by atoms with Crippen LogP contribution in [0.15, 0.2) is 302 Å². The Morgan fingerprint density at radius 1 is 0.268 bits per heavy atom. The number of ketones is 7. The first-order chi connectivity index (χ1) is 68.0. The van der Waals surface area contributed by atoms with E-state index in [1.54, 1.807) is 129 Å². The summed E-state index contributed by atoms with van der Waals surface area (Å²) >= 11 is 19.8. The largest absolute Gasteiger partial charge is 0.508 e. The minimum absolute atomic E-state index is 0.00541. The van der Waals surface area contributed by atoms with Gasteiger partial charge in [-0.1, -0.05) is 274 Å². The van der Waals surface area contributed by atoms with Gasteiger partial charge in [-0.25, -0.2) is 4.39 Å². The highest BCUT2D eigenvalue weighted by Crippen LogP contribution is 2.32. The molecular weight excluding hydrogens is 1870 g/mol. The minimum Gasteiger partial charge on any atom is -0.508 e. The van der Waals surface area contributed by atoms with Crippen LogP contribution in [0.3, 0.4) is 0 Å². The third kappa shape index (κ3) is 40.3. The molecule has 0 aliphatic carbocycles. The van der Waals surface area contributed by atoms with Crippen molar-refractivity contribution in [2.75, 3.05) is 26.6 Å². The lowest BCUT2D eigenvalue weighted by molar-refractivity contribution is -0.121. The zero-order valence-corrected chi connectivity index (χ0v) is 84.9. The Balaban J connectivity index is 0.000000203. The maximum Gasteiger partial charge on any atom is 0.174 e. The number of carbonyl (C=O) groups excluding carboxylic acids is 7. The molecule has 14 aromatic rings. The number of hydrogen-bond donors (Lipinski definition) is 7. The standard InChI is InChI=1S/C18H20O3.C18H20O2.C17H16Cl2O2.C17H17ClO2.C17H17FO2.C17H18O4.C16H16O2S/c1-13-7-10-17(20)15(11-13)12-16(19)9-8-14-5-3-4-6-18(14)21-2;1-13-7-10-18(20)16(11-13)12-17(19)9-8-15-6-4-3-5-14(15)2;1-11-5-8-17(21)12(9-11)10-13(20)6-7-14-15(18)3-2-4-16(14)19;2*1-12-6-9-17(20)14(10-12)11-15(19)8-7-13-4-2-3-5-16(13)18;1-12-7-8-15(19)13(9-12)10-14(18)11-21-17-6-4-3-5-16(17)20-2;1-12-7-8-16(18)13(9-12)10-14(17)11-19-15-5-3-2-4-6-15/h3-7,10-11,20H,8-9,12H2,1-2H3;3-7,10-11,20H,8-9,12H2,1-2H3;2-5,8-9,21H,6-7,10H2,1H3;2*2-6,9-10,20H,7-8,11H2,1H3;3-9,19H,10-11H2,1-2H3;2-9,18H,10-11H2,1H3. The molecule has 0 fully saturated rings. The van der Waals surface area contributed by atoms with E-state index < -0.39 is 0 Å². The van der Waals surface area contributed by atoms with Crippen LogP contribution in [0, 0.1) is 61.2 Å². The van der Waals surface area contributed by atoms with E-state index in [9.17, 15) is 73.7 Å². The zero-order chi connectivity index (χ0) is 103. The normalized spacial score (nSPS) is 10.4. The number of methoxy groups -OCH3 is 2. The van der Waals surface area contributed by atoms with Gasteiger partial charge in [0, 0.05) is 136 Å². The van der Waals surface area contributed by atoms with Crippen LogP contribution < -0.4 is 14.2 Å². The van der Waals surface area contributed by atoms with Gasteiger partial charge in [-0.2, -0.15) is 0 Å². The second kappa shape index (κ2) is 59.5. The number of rotatable bonds is 37. The number of thioether (sulfide) groups is 1. The van der Waals surface area contributed by atoms with Gasteiger partial charge in [0.05, 0.1) is 20.0 Å². The molecule has 0 aliphatic rings.